The van der Waals surface area contributed by atoms with Crippen molar-refractivity contribution >= 4 is 40.8 Å². The number of amides is 3. The molecule has 1 saturated heterocycles. The lowest BCUT2D eigenvalue weighted by Crippen LogP contribution is -2.65. The molecule has 4 nitrogen and oxygen atoms in total. The number of halogens is 2. The second-order valence-electron chi connectivity index (χ2n) is 5.07. The van der Waals surface area contributed by atoms with Crippen LogP contribution in [-0.4, -0.2) is 17.5 Å². The molecule has 1 N–H and O–H groups in total. The maximum absolute atomic E-state index is 12.2. The lowest BCUT2D eigenvalue weighted by atomic mass is 9.73. The van der Waals surface area contributed by atoms with Gasteiger partial charge in [-0.25, -0.2) is 9.69 Å². The van der Waals surface area contributed by atoms with Crippen molar-refractivity contribution in [1.82, 2.24) is 5.32 Å². The second kappa shape index (κ2) is 4.39. The minimum Gasteiger partial charge on any atom is -0.331 e. The number of benzene rings is 1. The van der Waals surface area contributed by atoms with Crippen LogP contribution in [0.1, 0.15) is 25.7 Å². The normalized spacial score (nSPS) is 21.3. The minimum atomic E-state index is -0.417. The highest BCUT2D eigenvalue weighted by Crippen LogP contribution is 2.40. The topological polar surface area (TPSA) is 49.4 Å². The van der Waals surface area contributed by atoms with Crippen molar-refractivity contribution in [3.05, 3.63) is 28.2 Å². The Morgan fingerprint density at radius 3 is 2.53 bits per heavy atom. The molecule has 6 heteroatoms. The number of urea groups is 1. The molecule has 1 aliphatic carbocycles. The summed E-state index contributed by atoms with van der Waals surface area (Å²) in [6.45, 7) is 0. The van der Waals surface area contributed by atoms with Crippen molar-refractivity contribution in [2.45, 2.75) is 31.2 Å². The second-order valence-corrected chi connectivity index (χ2v) is 5.91. The van der Waals surface area contributed by atoms with Crippen molar-refractivity contribution in [3.63, 3.8) is 0 Å². The molecule has 0 aromatic heterocycles. The average Bonchev–Trinajstić information content (AvgIpc) is 2.30. The van der Waals surface area contributed by atoms with Crippen molar-refractivity contribution in [2.24, 2.45) is 0 Å². The maximum Gasteiger partial charge on any atom is 0.329 e. The third-order valence-electron chi connectivity index (χ3n) is 3.77. The van der Waals surface area contributed by atoms with Crippen LogP contribution in [0, 0.1) is 0 Å². The zero-order chi connectivity index (χ0) is 13.6. The zero-order valence-corrected chi connectivity index (χ0v) is 11.6. The molecule has 0 radical (unpaired) electrons. The molecule has 3 rings (SSSR count). The Morgan fingerprint density at radius 1 is 1.21 bits per heavy atom. The van der Waals surface area contributed by atoms with E-state index in [-0.39, 0.29) is 11.4 Å². The van der Waals surface area contributed by atoms with E-state index in [1.54, 1.807) is 12.1 Å². The SMILES string of the molecule is O=C1CC2(CCC2)NC(=O)N1c1cc(Cl)ccc1Cl. The fraction of sp³-hybridized carbons (Fsp3) is 0.385. The Balaban J connectivity index is 1.94. The number of hydrogen-bond donors (Lipinski definition) is 1. The summed E-state index contributed by atoms with van der Waals surface area (Å²) in [5.41, 5.74) is 0.0150. The fourth-order valence-electron chi connectivity index (χ4n) is 2.61. The smallest absolute Gasteiger partial charge is 0.329 e. The molecule has 1 aromatic carbocycles. The molecule has 0 atom stereocenters. The third kappa shape index (κ3) is 2.09. The summed E-state index contributed by atoms with van der Waals surface area (Å²) in [7, 11) is 0. The van der Waals surface area contributed by atoms with Gasteiger partial charge in [0.2, 0.25) is 5.91 Å². The number of nitrogens with one attached hydrogen (secondary N) is 1. The monoisotopic (exact) mass is 298 g/mol. The largest absolute Gasteiger partial charge is 0.331 e. The standard InChI is InChI=1S/C13H12Cl2N2O2/c14-8-2-3-9(15)10(6-8)17-11(18)7-13(4-1-5-13)16-12(17)19/h2-3,6H,1,4-5,7H2,(H,16,19). The van der Waals surface area contributed by atoms with Crippen LogP contribution >= 0.6 is 23.2 Å². The summed E-state index contributed by atoms with van der Waals surface area (Å²) < 4.78 is 0. The van der Waals surface area contributed by atoms with E-state index in [1.165, 1.54) is 6.07 Å². The van der Waals surface area contributed by atoms with Crippen LogP contribution in [0.25, 0.3) is 0 Å². The van der Waals surface area contributed by atoms with Gasteiger partial charge in [-0.05, 0) is 37.5 Å². The van der Waals surface area contributed by atoms with Gasteiger partial charge < -0.3 is 5.32 Å². The van der Waals surface area contributed by atoms with Gasteiger partial charge >= 0.3 is 6.03 Å². The van der Waals surface area contributed by atoms with Gasteiger partial charge in [0.1, 0.15) is 0 Å². The molecular weight excluding hydrogens is 287 g/mol. The minimum absolute atomic E-state index is 0.229. The summed E-state index contributed by atoms with van der Waals surface area (Å²) in [6, 6.07) is 4.31. The van der Waals surface area contributed by atoms with E-state index in [9.17, 15) is 9.59 Å². The molecule has 1 aliphatic heterocycles. The van der Waals surface area contributed by atoms with Crippen molar-refractivity contribution in [1.29, 1.82) is 0 Å². The van der Waals surface area contributed by atoms with Crippen molar-refractivity contribution < 1.29 is 9.59 Å². The average molecular weight is 299 g/mol. The molecule has 100 valence electrons. The first-order chi connectivity index (χ1) is 9.01. The van der Waals surface area contributed by atoms with Gasteiger partial charge in [-0.1, -0.05) is 23.2 Å². The molecule has 3 amide bonds. The molecule has 19 heavy (non-hydrogen) atoms. The van der Waals surface area contributed by atoms with Crippen LogP contribution in [-0.2, 0) is 4.79 Å². The summed E-state index contributed by atoms with van der Waals surface area (Å²) in [5, 5.41) is 3.68. The maximum atomic E-state index is 12.2. The first-order valence-electron chi connectivity index (χ1n) is 6.11. The number of nitrogens with zero attached hydrogens (tertiary/aromatic N) is 1. The molecule has 1 saturated carbocycles. The number of carbonyl (C=O) groups is 2. The van der Waals surface area contributed by atoms with Crippen LogP contribution in [0.5, 0.6) is 0 Å². The van der Waals surface area contributed by atoms with E-state index in [0.717, 1.165) is 24.2 Å². The van der Waals surface area contributed by atoms with Gasteiger partial charge in [0.25, 0.3) is 0 Å². The molecule has 1 heterocycles. The molecule has 2 fully saturated rings. The summed E-state index contributed by atoms with van der Waals surface area (Å²) in [4.78, 5) is 25.5. The quantitative estimate of drug-likeness (QED) is 0.864. The molecule has 0 bridgehead atoms. The van der Waals surface area contributed by atoms with Gasteiger partial charge in [0.05, 0.1) is 22.7 Å². The summed E-state index contributed by atoms with van der Waals surface area (Å²) in [6.07, 6.45) is 3.09. The Kier molecular flexibility index (Phi) is 2.95. The first-order valence-corrected chi connectivity index (χ1v) is 6.87. The van der Waals surface area contributed by atoms with Crippen LogP contribution in [0.15, 0.2) is 18.2 Å². The summed E-state index contributed by atoms with van der Waals surface area (Å²) >= 11 is 11.9. The third-order valence-corrected chi connectivity index (χ3v) is 4.33. The molecular formula is C13H12Cl2N2O2. The zero-order valence-electron chi connectivity index (χ0n) is 10.1. The van der Waals surface area contributed by atoms with Crippen LogP contribution < -0.4 is 10.2 Å². The lowest BCUT2D eigenvalue weighted by molar-refractivity contribution is -0.121. The number of rotatable bonds is 1. The van der Waals surface area contributed by atoms with Gasteiger partial charge in [-0.2, -0.15) is 0 Å². The number of carbonyl (C=O) groups excluding carboxylic acids is 2. The Labute approximate surface area is 120 Å². The number of hydrogen-bond acceptors (Lipinski definition) is 2. The van der Waals surface area contributed by atoms with E-state index >= 15 is 0 Å². The van der Waals surface area contributed by atoms with Gasteiger partial charge in [0, 0.05) is 5.02 Å². The van der Waals surface area contributed by atoms with Crippen molar-refractivity contribution in [2.75, 3.05) is 4.90 Å². The van der Waals surface area contributed by atoms with E-state index < -0.39 is 6.03 Å². The van der Waals surface area contributed by atoms with E-state index in [4.69, 9.17) is 23.2 Å². The van der Waals surface area contributed by atoms with Gasteiger partial charge in [-0.3, -0.25) is 4.79 Å². The van der Waals surface area contributed by atoms with E-state index in [1.807, 2.05) is 0 Å². The highest BCUT2D eigenvalue weighted by Gasteiger charge is 2.47. The number of anilines is 1. The first kappa shape index (κ1) is 12.8. The van der Waals surface area contributed by atoms with Crippen LogP contribution in [0.3, 0.4) is 0 Å². The Morgan fingerprint density at radius 2 is 1.95 bits per heavy atom. The summed E-state index contributed by atoms with van der Waals surface area (Å²) in [5.74, 6) is -0.229. The number of imide groups is 1. The highest BCUT2D eigenvalue weighted by atomic mass is 35.5. The Bertz CT molecular complexity index is 550. The highest BCUT2D eigenvalue weighted by molar-refractivity contribution is 6.37. The lowest BCUT2D eigenvalue weighted by Gasteiger charge is -2.47. The van der Waals surface area contributed by atoms with E-state index in [0.29, 0.717) is 22.2 Å². The molecule has 1 spiro atoms. The van der Waals surface area contributed by atoms with Gasteiger partial charge in [0.15, 0.2) is 0 Å². The molecule has 1 aromatic rings. The van der Waals surface area contributed by atoms with Crippen molar-refractivity contribution in [3.8, 4) is 0 Å². The Hall–Kier alpha value is -1.26. The fourth-order valence-corrected chi connectivity index (χ4v) is 2.98. The van der Waals surface area contributed by atoms with Crippen LogP contribution in [0.2, 0.25) is 10.0 Å². The van der Waals surface area contributed by atoms with Crippen LogP contribution in [0.4, 0.5) is 10.5 Å². The van der Waals surface area contributed by atoms with E-state index in [2.05, 4.69) is 5.32 Å². The predicted octanol–water partition coefficient (Wildman–Crippen LogP) is 3.36. The molecule has 2 aliphatic rings. The predicted molar refractivity (Wildman–Crippen MR) is 73.7 cm³/mol. The van der Waals surface area contributed by atoms with Gasteiger partial charge in [-0.15, -0.1) is 0 Å². The molecule has 0 unspecified atom stereocenters.